The van der Waals surface area contributed by atoms with Crippen molar-refractivity contribution in [1.82, 2.24) is 14.8 Å². The molecule has 0 fully saturated rings. The monoisotopic (exact) mass is 709 g/mol. The summed E-state index contributed by atoms with van der Waals surface area (Å²) in [4.78, 5) is 14.9. The first-order valence-electron chi connectivity index (χ1n) is 16.9. The third kappa shape index (κ3) is 9.39. The average molecular weight is 710 g/mol. The topological polar surface area (TPSA) is 46.5 Å². The minimum absolute atomic E-state index is 0.0173. The Bertz CT molecular complexity index is 1980. The molecule has 9 heteroatoms. The lowest BCUT2D eigenvalue weighted by Crippen LogP contribution is -2.31. The van der Waals surface area contributed by atoms with Gasteiger partial charge in [-0.3, -0.25) is 9.69 Å². The highest BCUT2D eigenvalue weighted by molar-refractivity contribution is 6.32. The Morgan fingerprint density at radius 3 is 2.12 bits per heavy atom. The molecule has 1 N–H and O–H groups in total. The molecule has 6 aromatic rings. The van der Waals surface area contributed by atoms with Crippen molar-refractivity contribution in [3.63, 3.8) is 0 Å². The van der Waals surface area contributed by atoms with Gasteiger partial charge in [0.05, 0.1) is 22.7 Å². The number of halogens is 4. The van der Waals surface area contributed by atoms with Crippen LogP contribution in [-0.4, -0.2) is 35.1 Å². The predicted molar refractivity (Wildman–Crippen MR) is 197 cm³/mol. The first kappa shape index (κ1) is 35.8. The van der Waals surface area contributed by atoms with E-state index in [2.05, 4.69) is 34.5 Å². The second kappa shape index (κ2) is 16.8. The summed E-state index contributed by atoms with van der Waals surface area (Å²) in [5, 5.41) is 3.60. The lowest BCUT2D eigenvalue weighted by atomic mass is 9.90. The van der Waals surface area contributed by atoms with Gasteiger partial charge in [-0.1, -0.05) is 121 Å². The van der Waals surface area contributed by atoms with Gasteiger partial charge < -0.3 is 14.6 Å². The SMILES string of the molecule is O=C(Cn1ccc2c(OCCCN(Cc3cccc(C(F)(F)F)c3Cl)CC(c3ccccc3)c3ccccc3)cccc21)NCc1ccccc1. The number of rotatable bonds is 15. The van der Waals surface area contributed by atoms with Gasteiger partial charge in [0, 0.05) is 43.7 Å². The molecule has 0 spiro atoms. The number of aromatic nitrogens is 1. The first-order chi connectivity index (χ1) is 24.8. The molecule has 5 nitrogen and oxygen atoms in total. The number of amides is 1. The maximum absolute atomic E-state index is 13.8. The van der Waals surface area contributed by atoms with Gasteiger partial charge in [0.15, 0.2) is 0 Å². The van der Waals surface area contributed by atoms with Gasteiger partial charge in [0.1, 0.15) is 12.3 Å². The summed E-state index contributed by atoms with van der Waals surface area (Å²) < 4.78 is 49.5. The Morgan fingerprint density at radius 1 is 0.804 bits per heavy atom. The fraction of sp³-hybridized carbons (Fsp3) is 0.214. The van der Waals surface area contributed by atoms with Crippen LogP contribution in [0.4, 0.5) is 13.2 Å². The van der Waals surface area contributed by atoms with E-state index >= 15 is 0 Å². The summed E-state index contributed by atoms with van der Waals surface area (Å²) in [7, 11) is 0. The number of benzene rings is 5. The summed E-state index contributed by atoms with van der Waals surface area (Å²) in [6.07, 6.45) is -2.05. The highest BCUT2D eigenvalue weighted by Crippen LogP contribution is 2.37. The number of nitrogens with zero attached hydrogens (tertiary/aromatic N) is 2. The Balaban J connectivity index is 1.15. The molecule has 262 valence electrons. The molecule has 0 saturated heterocycles. The van der Waals surface area contributed by atoms with Crippen LogP contribution >= 0.6 is 11.6 Å². The molecule has 0 bridgehead atoms. The number of fused-ring (bicyclic) bond motifs is 1. The Morgan fingerprint density at radius 2 is 1.45 bits per heavy atom. The molecular formula is C42H39ClF3N3O2. The van der Waals surface area contributed by atoms with Crippen molar-refractivity contribution >= 4 is 28.4 Å². The van der Waals surface area contributed by atoms with Crippen LogP contribution in [0, 0.1) is 0 Å². The summed E-state index contributed by atoms with van der Waals surface area (Å²) in [5.41, 5.74) is 3.74. The second-order valence-corrected chi connectivity index (χ2v) is 12.9. The van der Waals surface area contributed by atoms with E-state index in [0.29, 0.717) is 44.0 Å². The van der Waals surface area contributed by atoms with Crippen molar-refractivity contribution < 1.29 is 22.7 Å². The predicted octanol–water partition coefficient (Wildman–Crippen LogP) is 9.73. The maximum atomic E-state index is 13.8. The molecule has 0 saturated carbocycles. The van der Waals surface area contributed by atoms with E-state index in [0.717, 1.165) is 33.7 Å². The molecule has 1 amide bonds. The van der Waals surface area contributed by atoms with Crippen molar-refractivity contribution in [2.75, 3.05) is 19.7 Å². The van der Waals surface area contributed by atoms with Crippen LogP contribution in [0.15, 0.2) is 140 Å². The van der Waals surface area contributed by atoms with Crippen LogP contribution in [0.3, 0.4) is 0 Å². The van der Waals surface area contributed by atoms with Gasteiger partial charge >= 0.3 is 6.18 Å². The van der Waals surface area contributed by atoms with Crippen molar-refractivity contribution in [3.05, 3.63) is 172 Å². The molecule has 0 aliphatic carbocycles. The molecule has 1 heterocycles. The largest absolute Gasteiger partial charge is 0.493 e. The van der Waals surface area contributed by atoms with Gasteiger partial charge in [0.2, 0.25) is 5.91 Å². The summed E-state index contributed by atoms with van der Waals surface area (Å²) in [6, 6.07) is 41.8. The zero-order valence-corrected chi connectivity index (χ0v) is 28.8. The number of carbonyl (C=O) groups excluding carboxylic acids is 1. The molecule has 0 aliphatic rings. The smallest absolute Gasteiger partial charge is 0.417 e. The molecule has 1 aromatic heterocycles. The minimum atomic E-state index is -4.55. The van der Waals surface area contributed by atoms with Gasteiger partial charge in [0.25, 0.3) is 0 Å². The normalized spacial score (nSPS) is 11.7. The van der Waals surface area contributed by atoms with Gasteiger partial charge in [-0.15, -0.1) is 0 Å². The van der Waals surface area contributed by atoms with E-state index in [9.17, 15) is 18.0 Å². The molecule has 0 radical (unpaired) electrons. The molecule has 5 aromatic carbocycles. The van der Waals surface area contributed by atoms with Crippen molar-refractivity contribution in [2.24, 2.45) is 0 Å². The van der Waals surface area contributed by atoms with E-state index in [1.807, 2.05) is 102 Å². The van der Waals surface area contributed by atoms with E-state index in [1.165, 1.54) is 6.07 Å². The molecule has 0 atom stereocenters. The van der Waals surface area contributed by atoms with E-state index in [4.69, 9.17) is 16.3 Å². The number of alkyl halides is 3. The van der Waals surface area contributed by atoms with Crippen LogP contribution in [0.1, 0.15) is 40.2 Å². The van der Waals surface area contributed by atoms with Crippen LogP contribution in [0.25, 0.3) is 10.9 Å². The van der Waals surface area contributed by atoms with Gasteiger partial charge in [-0.2, -0.15) is 13.2 Å². The number of ether oxygens (including phenoxy) is 1. The van der Waals surface area contributed by atoms with Crippen LogP contribution in [0.2, 0.25) is 5.02 Å². The van der Waals surface area contributed by atoms with Gasteiger partial charge in [-0.05, 0) is 52.9 Å². The Hall–Kier alpha value is -5.05. The zero-order valence-electron chi connectivity index (χ0n) is 28.0. The molecular weight excluding hydrogens is 671 g/mol. The highest BCUT2D eigenvalue weighted by atomic mass is 35.5. The Labute approximate surface area is 301 Å². The lowest BCUT2D eigenvalue weighted by Gasteiger charge is -2.29. The molecule has 0 aliphatic heterocycles. The minimum Gasteiger partial charge on any atom is -0.493 e. The first-order valence-corrected chi connectivity index (χ1v) is 17.3. The third-order valence-electron chi connectivity index (χ3n) is 8.92. The summed E-state index contributed by atoms with van der Waals surface area (Å²) in [6.45, 7) is 2.38. The lowest BCUT2D eigenvalue weighted by molar-refractivity contribution is -0.137. The van der Waals surface area contributed by atoms with Crippen molar-refractivity contribution in [3.8, 4) is 5.75 Å². The van der Waals surface area contributed by atoms with Crippen molar-refractivity contribution in [1.29, 1.82) is 0 Å². The quantitative estimate of drug-likeness (QED) is 0.108. The van der Waals surface area contributed by atoms with Gasteiger partial charge in [-0.25, -0.2) is 0 Å². The number of hydrogen-bond acceptors (Lipinski definition) is 3. The van der Waals surface area contributed by atoms with E-state index in [1.54, 1.807) is 6.07 Å². The molecule has 0 unspecified atom stereocenters. The summed E-state index contributed by atoms with van der Waals surface area (Å²) in [5.74, 6) is 0.596. The maximum Gasteiger partial charge on any atom is 0.417 e. The Kier molecular flexibility index (Phi) is 11.8. The number of nitrogens with one attached hydrogen (secondary N) is 1. The zero-order chi connectivity index (χ0) is 35.6. The van der Waals surface area contributed by atoms with Crippen LogP contribution in [-0.2, 0) is 30.6 Å². The fourth-order valence-electron chi connectivity index (χ4n) is 6.37. The fourth-order valence-corrected chi connectivity index (χ4v) is 6.66. The molecule has 6 rings (SSSR count). The van der Waals surface area contributed by atoms with Crippen LogP contribution < -0.4 is 10.1 Å². The number of hydrogen-bond donors (Lipinski definition) is 1. The number of carbonyl (C=O) groups is 1. The van der Waals surface area contributed by atoms with E-state index < -0.39 is 11.7 Å². The second-order valence-electron chi connectivity index (χ2n) is 12.5. The van der Waals surface area contributed by atoms with Crippen LogP contribution in [0.5, 0.6) is 5.75 Å². The summed E-state index contributed by atoms with van der Waals surface area (Å²) >= 11 is 6.39. The van der Waals surface area contributed by atoms with E-state index in [-0.39, 0.29) is 29.9 Å². The standard InChI is InChI=1S/C42H39ClF3N3O2/c43-41-34(19-10-20-37(41)42(44,45)46)28-48(29-36(32-15-6-2-7-16-32)33-17-8-3-9-18-33)24-12-26-51-39-22-11-21-38-35(39)23-25-49(38)30-40(50)47-27-31-13-4-1-5-14-31/h1-11,13-23,25,36H,12,24,26-30H2,(H,47,50). The average Bonchev–Trinajstić information content (AvgIpc) is 3.55. The van der Waals surface area contributed by atoms with Crippen molar-refractivity contribution in [2.45, 2.75) is 38.1 Å². The third-order valence-corrected chi connectivity index (χ3v) is 9.37. The molecule has 51 heavy (non-hydrogen) atoms. The highest BCUT2D eigenvalue weighted by Gasteiger charge is 2.34.